The topological polar surface area (TPSA) is 57.6 Å². The van der Waals surface area contributed by atoms with Crippen molar-refractivity contribution in [2.45, 2.75) is 25.9 Å². The van der Waals surface area contributed by atoms with Crippen LogP contribution < -0.4 is 4.90 Å². The molecule has 0 radical (unpaired) electrons. The van der Waals surface area contributed by atoms with Gasteiger partial charge in [0.05, 0.1) is 11.6 Å². The highest BCUT2D eigenvalue weighted by Crippen LogP contribution is 2.45. The molecule has 3 rings (SSSR count). The lowest BCUT2D eigenvalue weighted by Gasteiger charge is -2.28. The van der Waals surface area contributed by atoms with Crippen LogP contribution in [0.1, 0.15) is 36.2 Å². The smallest absolute Gasteiger partial charge is 0.264 e. The predicted molar refractivity (Wildman–Crippen MR) is 92.9 cm³/mol. The maximum atomic E-state index is 13.0. The van der Waals surface area contributed by atoms with Crippen molar-refractivity contribution in [1.29, 1.82) is 0 Å². The summed E-state index contributed by atoms with van der Waals surface area (Å²) in [5, 5.41) is 11.3. The van der Waals surface area contributed by atoms with E-state index in [-0.39, 0.29) is 5.78 Å². The minimum absolute atomic E-state index is 0.236. The average molecular weight is 323 g/mol. The fraction of sp³-hybridized carbons (Fsp3) is 0.300. The highest BCUT2D eigenvalue weighted by atomic mass is 16.3. The second-order valence-corrected chi connectivity index (χ2v) is 6.19. The Kier molecular flexibility index (Phi) is 4.24. The van der Waals surface area contributed by atoms with Gasteiger partial charge in [-0.2, -0.15) is 0 Å². The van der Waals surface area contributed by atoms with E-state index in [1.165, 1.54) is 0 Å². The lowest BCUT2D eigenvalue weighted by molar-refractivity contribution is -0.139. The molecule has 1 amide bonds. The summed E-state index contributed by atoms with van der Waals surface area (Å²) in [4.78, 5) is 27.4. The third-order valence-corrected chi connectivity index (χ3v) is 4.70. The summed E-state index contributed by atoms with van der Waals surface area (Å²) >= 11 is 0. The Bertz CT molecular complexity index is 771. The van der Waals surface area contributed by atoms with Crippen molar-refractivity contribution in [3.63, 3.8) is 0 Å². The van der Waals surface area contributed by atoms with Crippen molar-refractivity contribution in [1.82, 2.24) is 0 Å². The molecule has 0 fully saturated rings. The number of fused-ring (bicyclic) bond motifs is 1. The number of hydrogen-bond donors (Lipinski definition) is 1. The number of para-hydroxylation sites is 1. The van der Waals surface area contributed by atoms with Gasteiger partial charge in [0.25, 0.3) is 5.91 Å². The number of carbonyl (C=O) groups is 2. The van der Waals surface area contributed by atoms with Crippen molar-refractivity contribution in [3.8, 4) is 0 Å². The van der Waals surface area contributed by atoms with E-state index in [1.807, 2.05) is 25.1 Å². The molecule has 0 saturated heterocycles. The lowest BCUT2D eigenvalue weighted by Crippen LogP contribution is -2.47. The number of hydrogen-bond acceptors (Lipinski definition) is 3. The molecule has 0 bridgehead atoms. The van der Waals surface area contributed by atoms with Gasteiger partial charge in [0.2, 0.25) is 0 Å². The van der Waals surface area contributed by atoms with Gasteiger partial charge in [0.15, 0.2) is 11.4 Å². The number of carbonyl (C=O) groups excluding carboxylic acids is 2. The van der Waals surface area contributed by atoms with Gasteiger partial charge in [0.1, 0.15) is 0 Å². The quantitative estimate of drug-likeness (QED) is 0.860. The highest BCUT2D eigenvalue weighted by Gasteiger charge is 2.54. The zero-order valence-electron chi connectivity index (χ0n) is 13.9. The molecule has 0 unspecified atom stereocenters. The molecule has 4 nitrogen and oxygen atoms in total. The van der Waals surface area contributed by atoms with Crippen LogP contribution in [0.25, 0.3) is 0 Å². The number of Topliss-reactive ketones (excluding diaryl/α,β-unsaturated/α-hetero) is 1. The van der Waals surface area contributed by atoms with Crippen molar-refractivity contribution < 1.29 is 14.7 Å². The van der Waals surface area contributed by atoms with Crippen LogP contribution in [0.15, 0.2) is 54.6 Å². The molecule has 0 saturated carbocycles. The van der Waals surface area contributed by atoms with Gasteiger partial charge in [-0.25, -0.2) is 0 Å². The molecule has 0 aliphatic carbocycles. The maximum Gasteiger partial charge on any atom is 0.264 e. The maximum absolute atomic E-state index is 13.0. The molecular weight excluding hydrogens is 302 g/mol. The third-order valence-electron chi connectivity index (χ3n) is 4.70. The van der Waals surface area contributed by atoms with Gasteiger partial charge in [-0.1, -0.05) is 62.4 Å². The number of benzene rings is 2. The van der Waals surface area contributed by atoms with Crippen LogP contribution in [-0.2, 0) is 10.4 Å². The van der Waals surface area contributed by atoms with Gasteiger partial charge in [-0.05, 0) is 12.5 Å². The van der Waals surface area contributed by atoms with E-state index in [1.54, 1.807) is 48.2 Å². The Balaban J connectivity index is 2.05. The van der Waals surface area contributed by atoms with Gasteiger partial charge >= 0.3 is 0 Å². The molecule has 2 aromatic carbocycles. The van der Waals surface area contributed by atoms with Crippen LogP contribution in [0.2, 0.25) is 0 Å². The Morgan fingerprint density at radius 3 is 2.42 bits per heavy atom. The van der Waals surface area contributed by atoms with E-state index in [4.69, 9.17) is 0 Å². The van der Waals surface area contributed by atoms with Crippen molar-refractivity contribution in [3.05, 3.63) is 65.7 Å². The number of anilines is 1. The number of amides is 1. The van der Waals surface area contributed by atoms with Crippen LogP contribution in [0.5, 0.6) is 0 Å². The predicted octanol–water partition coefficient (Wildman–Crippen LogP) is 3.15. The highest BCUT2D eigenvalue weighted by molar-refractivity contribution is 6.11. The molecular formula is C20H21NO3. The first-order valence-electron chi connectivity index (χ1n) is 8.25. The molecule has 124 valence electrons. The summed E-state index contributed by atoms with van der Waals surface area (Å²) < 4.78 is 0. The molecule has 0 aromatic heterocycles. The zero-order chi connectivity index (χ0) is 17.3. The first-order valence-corrected chi connectivity index (χ1v) is 8.25. The molecule has 1 heterocycles. The molecule has 2 atom stereocenters. The number of nitrogens with zero attached hydrogens (tertiary/aromatic N) is 1. The van der Waals surface area contributed by atoms with Crippen molar-refractivity contribution in [2.24, 2.45) is 5.92 Å². The van der Waals surface area contributed by atoms with E-state index < -0.39 is 17.4 Å². The van der Waals surface area contributed by atoms with Gasteiger partial charge in [-0.3, -0.25) is 9.59 Å². The fourth-order valence-electron chi connectivity index (χ4n) is 3.37. The molecule has 1 aliphatic heterocycles. The van der Waals surface area contributed by atoms with E-state index in [0.717, 1.165) is 6.42 Å². The van der Waals surface area contributed by atoms with Crippen LogP contribution in [-0.4, -0.2) is 23.3 Å². The molecule has 1 N–H and O–H groups in total. The Hall–Kier alpha value is -2.46. The van der Waals surface area contributed by atoms with Crippen LogP contribution >= 0.6 is 0 Å². The normalized spacial score (nSPS) is 20.8. The summed E-state index contributed by atoms with van der Waals surface area (Å²) in [6.07, 6.45) is 0.775. The SMILES string of the molecule is CCCN1C(=O)[C@](O)([C@H](C)C(=O)c2ccccc2)c2ccccc21. The summed E-state index contributed by atoms with van der Waals surface area (Å²) in [5.41, 5.74) is -0.115. The Labute approximate surface area is 141 Å². The summed E-state index contributed by atoms with van der Waals surface area (Å²) in [5.74, 6) is -1.52. The lowest BCUT2D eigenvalue weighted by atomic mass is 9.79. The van der Waals surface area contributed by atoms with Gasteiger partial charge < -0.3 is 10.0 Å². The Morgan fingerprint density at radius 1 is 1.12 bits per heavy atom. The monoisotopic (exact) mass is 323 g/mol. The zero-order valence-corrected chi connectivity index (χ0v) is 13.9. The van der Waals surface area contributed by atoms with Crippen molar-refractivity contribution >= 4 is 17.4 Å². The second kappa shape index (κ2) is 6.21. The van der Waals surface area contributed by atoms with Gasteiger partial charge in [-0.15, -0.1) is 0 Å². The van der Waals surface area contributed by atoms with Gasteiger partial charge in [0, 0.05) is 17.7 Å². The van der Waals surface area contributed by atoms with Crippen LogP contribution in [0.3, 0.4) is 0 Å². The number of rotatable bonds is 5. The van der Waals surface area contributed by atoms with E-state index in [9.17, 15) is 14.7 Å². The van der Waals surface area contributed by atoms with E-state index in [2.05, 4.69) is 0 Å². The second-order valence-electron chi connectivity index (χ2n) is 6.19. The summed E-state index contributed by atoms with van der Waals surface area (Å²) in [6, 6.07) is 16.0. The molecule has 24 heavy (non-hydrogen) atoms. The minimum Gasteiger partial charge on any atom is -0.375 e. The summed E-state index contributed by atoms with van der Waals surface area (Å²) in [6.45, 7) is 4.12. The average Bonchev–Trinajstić information content (AvgIpc) is 2.85. The first kappa shape index (κ1) is 16.4. The van der Waals surface area contributed by atoms with Crippen molar-refractivity contribution in [2.75, 3.05) is 11.4 Å². The van der Waals surface area contributed by atoms with E-state index >= 15 is 0 Å². The number of ketones is 1. The third kappa shape index (κ3) is 2.34. The molecule has 1 aliphatic rings. The fourth-order valence-corrected chi connectivity index (χ4v) is 3.37. The number of aliphatic hydroxyl groups is 1. The van der Waals surface area contributed by atoms with Crippen LogP contribution in [0.4, 0.5) is 5.69 Å². The minimum atomic E-state index is -1.82. The molecule has 0 spiro atoms. The standard InChI is InChI=1S/C20H21NO3/c1-3-13-21-17-12-8-7-11-16(17)20(24,19(21)23)14(2)18(22)15-9-5-4-6-10-15/h4-12,14,24H,3,13H2,1-2H3/t14-,20+/m1/s1. The van der Waals surface area contributed by atoms with Crippen LogP contribution in [0, 0.1) is 5.92 Å². The molecule has 2 aromatic rings. The largest absolute Gasteiger partial charge is 0.375 e. The molecule has 4 heteroatoms. The Morgan fingerprint density at radius 2 is 1.75 bits per heavy atom. The summed E-state index contributed by atoms with van der Waals surface area (Å²) in [7, 11) is 0. The first-order chi connectivity index (χ1) is 11.5. The van der Waals surface area contributed by atoms with E-state index in [0.29, 0.717) is 23.4 Å².